The molecule has 6 nitrogen and oxygen atoms in total. The first kappa shape index (κ1) is 18.5. The third kappa shape index (κ3) is 3.25. The molecule has 0 aliphatic carbocycles. The summed E-state index contributed by atoms with van der Waals surface area (Å²) >= 11 is 0. The first-order valence-electron chi connectivity index (χ1n) is 8.17. The van der Waals surface area contributed by atoms with E-state index in [1.807, 2.05) is 0 Å². The molecule has 1 aliphatic heterocycles. The Bertz CT molecular complexity index is 945. The number of esters is 1. The minimum atomic E-state index is -1.26. The summed E-state index contributed by atoms with van der Waals surface area (Å²) in [6.07, 6.45) is 0. The number of amides is 2. The standard InChI is InChI=1S/C19H16F2N2O4/c1-3-23-15-7-4-10(19(26)27-2)8-12(15)16(18(23)25)17(24)22-14-6-5-11(20)9-13(14)21/h4-9,16H,3H2,1-2H3,(H,22,24). The normalized spacial score (nSPS) is 15.5. The zero-order valence-corrected chi connectivity index (χ0v) is 14.6. The van der Waals surface area contributed by atoms with Crippen LogP contribution in [0.4, 0.5) is 20.2 Å². The predicted octanol–water partition coefficient (Wildman–Crippen LogP) is 2.84. The molecule has 2 aromatic carbocycles. The molecular formula is C19H16F2N2O4. The highest BCUT2D eigenvalue weighted by molar-refractivity contribution is 6.20. The Balaban J connectivity index is 1.99. The molecule has 0 fully saturated rings. The molecule has 1 heterocycles. The van der Waals surface area contributed by atoms with Gasteiger partial charge in [0.15, 0.2) is 0 Å². The van der Waals surface area contributed by atoms with E-state index in [4.69, 9.17) is 0 Å². The number of methoxy groups -OCH3 is 1. The molecule has 2 aromatic rings. The number of nitrogens with zero attached hydrogens (tertiary/aromatic N) is 1. The molecule has 1 N–H and O–H groups in total. The number of carbonyl (C=O) groups is 3. The molecule has 27 heavy (non-hydrogen) atoms. The minimum absolute atomic E-state index is 0.188. The van der Waals surface area contributed by atoms with Crippen molar-refractivity contribution in [2.45, 2.75) is 12.8 Å². The van der Waals surface area contributed by atoms with Crippen molar-refractivity contribution in [1.29, 1.82) is 0 Å². The summed E-state index contributed by atoms with van der Waals surface area (Å²) in [6.45, 7) is 2.06. The van der Waals surface area contributed by atoms with Gasteiger partial charge in [0.2, 0.25) is 11.8 Å². The SMILES string of the molecule is CCN1C(=O)C(C(=O)Nc2ccc(F)cc2F)c2cc(C(=O)OC)ccc21. The monoisotopic (exact) mass is 374 g/mol. The Labute approximate surface area is 153 Å². The van der Waals surface area contributed by atoms with Gasteiger partial charge in [0.05, 0.1) is 18.4 Å². The fourth-order valence-electron chi connectivity index (χ4n) is 3.06. The van der Waals surface area contributed by atoms with Crippen molar-refractivity contribution in [3.05, 3.63) is 59.2 Å². The van der Waals surface area contributed by atoms with E-state index in [1.165, 1.54) is 24.1 Å². The number of hydrogen-bond donors (Lipinski definition) is 1. The van der Waals surface area contributed by atoms with Crippen LogP contribution in [-0.4, -0.2) is 31.4 Å². The highest BCUT2D eigenvalue weighted by atomic mass is 19.1. The molecule has 0 aromatic heterocycles. The van der Waals surface area contributed by atoms with Crippen LogP contribution in [0, 0.1) is 11.6 Å². The van der Waals surface area contributed by atoms with Crippen LogP contribution in [0.1, 0.15) is 28.8 Å². The number of carbonyl (C=O) groups excluding carboxylic acids is 3. The number of hydrogen-bond acceptors (Lipinski definition) is 4. The lowest BCUT2D eigenvalue weighted by Gasteiger charge is -2.15. The first-order chi connectivity index (χ1) is 12.9. The average molecular weight is 374 g/mol. The summed E-state index contributed by atoms with van der Waals surface area (Å²) in [4.78, 5) is 38.6. The van der Waals surface area contributed by atoms with E-state index >= 15 is 0 Å². The maximum Gasteiger partial charge on any atom is 0.337 e. The third-order valence-electron chi connectivity index (χ3n) is 4.33. The Hall–Kier alpha value is -3.29. The van der Waals surface area contributed by atoms with Gasteiger partial charge in [-0.2, -0.15) is 0 Å². The molecular weight excluding hydrogens is 358 g/mol. The minimum Gasteiger partial charge on any atom is -0.465 e. The maximum atomic E-state index is 13.8. The summed E-state index contributed by atoms with van der Waals surface area (Å²) in [5.41, 5.74) is 0.766. The van der Waals surface area contributed by atoms with Crippen LogP contribution in [0.2, 0.25) is 0 Å². The van der Waals surface area contributed by atoms with Gasteiger partial charge in [-0.25, -0.2) is 13.6 Å². The number of ether oxygens (including phenoxy) is 1. The Morgan fingerprint density at radius 2 is 1.93 bits per heavy atom. The molecule has 0 bridgehead atoms. The topological polar surface area (TPSA) is 75.7 Å². The molecule has 0 saturated heterocycles. The first-order valence-corrected chi connectivity index (χ1v) is 8.17. The maximum absolute atomic E-state index is 13.8. The van der Waals surface area contributed by atoms with Crippen LogP contribution in [0.15, 0.2) is 36.4 Å². The van der Waals surface area contributed by atoms with Crippen molar-refractivity contribution in [2.75, 3.05) is 23.9 Å². The van der Waals surface area contributed by atoms with Gasteiger partial charge in [0.1, 0.15) is 17.6 Å². The quantitative estimate of drug-likeness (QED) is 0.660. The average Bonchev–Trinajstić information content (AvgIpc) is 2.93. The van der Waals surface area contributed by atoms with Crippen LogP contribution in [-0.2, 0) is 14.3 Å². The number of fused-ring (bicyclic) bond motifs is 1. The van der Waals surface area contributed by atoms with Crippen molar-refractivity contribution in [2.24, 2.45) is 0 Å². The second kappa shape index (κ2) is 7.14. The second-order valence-electron chi connectivity index (χ2n) is 5.89. The van der Waals surface area contributed by atoms with Gasteiger partial charge in [-0.05, 0) is 42.8 Å². The van der Waals surface area contributed by atoms with Crippen LogP contribution in [0.5, 0.6) is 0 Å². The van der Waals surface area contributed by atoms with Crippen molar-refractivity contribution in [3.8, 4) is 0 Å². The lowest BCUT2D eigenvalue weighted by atomic mass is 9.97. The van der Waals surface area contributed by atoms with Crippen molar-refractivity contribution >= 4 is 29.2 Å². The summed E-state index contributed by atoms with van der Waals surface area (Å²) in [5.74, 6) is -4.87. The largest absolute Gasteiger partial charge is 0.465 e. The van der Waals surface area contributed by atoms with Crippen LogP contribution < -0.4 is 10.2 Å². The van der Waals surface area contributed by atoms with Crippen molar-refractivity contribution in [3.63, 3.8) is 0 Å². The van der Waals surface area contributed by atoms with Gasteiger partial charge in [0, 0.05) is 18.3 Å². The van der Waals surface area contributed by atoms with E-state index in [2.05, 4.69) is 10.1 Å². The second-order valence-corrected chi connectivity index (χ2v) is 5.89. The van der Waals surface area contributed by atoms with Gasteiger partial charge in [0.25, 0.3) is 0 Å². The summed E-state index contributed by atoms with van der Waals surface area (Å²) in [6, 6.07) is 7.19. The van der Waals surface area contributed by atoms with Crippen molar-refractivity contribution < 1.29 is 27.9 Å². The highest BCUT2D eigenvalue weighted by Gasteiger charge is 2.41. The predicted molar refractivity (Wildman–Crippen MR) is 93.5 cm³/mol. The molecule has 8 heteroatoms. The number of rotatable bonds is 4. The molecule has 1 unspecified atom stereocenters. The fraction of sp³-hybridized carbons (Fsp3) is 0.211. The molecule has 0 radical (unpaired) electrons. The molecule has 140 valence electrons. The molecule has 0 saturated carbocycles. The van der Waals surface area contributed by atoms with Gasteiger partial charge in [-0.3, -0.25) is 9.59 Å². The number of anilines is 2. The fourth-order valence-corrected chi connectivity index (χ4v) is 3.06. The smallest absolute Gasteiger partial charge is 0.337 e. The van der Waals surface area contributed by atoms with E-state index in [0.717, 1.165) is 12.1 Å². The van der Waals surface area contributed by atoms with Gasteiger partial charge >= 0.3 is 5.97 Å². The zero-order chi connectivity index (χ0) is 19.7. The number of benzene rings is 2. The van der Waals surface area contributed by atoms with E-state index in [1.54, 1.807) is 13.0 Å². The van der Waals surface area contributed by atoms with Crippen molar-refractivity contribution in [1.82, 2.24) is 0 Å². The van der Waals surface area contributed by atoms with E-state index in [9.17, 15) is 23.2 Å². The molecule has 1 aliphatic rings. The van der Waals surface area contributed by atoms with Gasteiger partial charge < -0.3 is 15.0 Å². The highest BCUT2D eigenvalue weighted by Crippen LogP contribution is 2.38. The van der Waals surface area contributed by atoms with Crippen LogP contribution in [0.3, 0.4) is 0 Å². The summed E-state index contributed by atoms with van der Waals surface area (Å²) < 4.78 is 31.5. The number of likely N-dealkylation sites (N-methyl/N-ethyl adjacent to an activating group) is 1. The Morgan fingerprint density at radius 3 is 2.56 bits per heavy atom. The Morgan fingerprint density at radius 1 is 1.19 bits per heavy atom. The third-order valence-corrected chi connectivity index (χ3v) is 4.33. The summed E-state index contributed by atoms with van der Waals surface area (Å²) in [7, 11) is 1.22. The lowest BCUT2D eigenvalue weighted by Crippen LogP contribution is -2.33. The number of halogens is 2. The molecule has 1 atom stereocenters. The number of nitrogens with one attached hydrogen (secondary N) is 1. The van der Waals surface area contributed by atoms with Gasteiger partial charge in [-0.1, -0.05) is 0 Å². The van der Waals surface area contributed by atoms with Crippen LogP contribution in [0.25, 0.3) is 0 Å². The van der Waals surface area contributed by atoms with E-state index < -0.39 is 35.3 Å². The van der Waals surface area contributed by atoms with Gasteiger partial charge in [-0.15, -0.1) is 0 Å². The Kier molecular flexibility index (Phi) is 4.89. The molecule has 3 rings (SSSR count). The summed E-state index contributed by atoms with van der Waals surface area (Å²) in [5, 5.41) is 2.31. The van der Waals surface area contributed by atoms with Crippen LogP contribution >= 0.6 is 0 Å². The molecule has 0 spiro atoms. The van der Waals surface area contributed by atoms with E-state index in [0.29, 0.717) is 23.9 Å². The van der Waals surface area contributed by atoms with E-state index in [-0.39, 0.29) is 11.3 Å². The lowest BCUT2D eigenvalue weighted by molar-refractivity contribution is -0.126. The molecule has 2 amide bonds. The zero-order valence-electron chi connectivity index (χ0n) is 14.6.